The average Bonchev–Trinajstić information content (AvgIpc) is 2.79. The van der Waals surface area contributed by atoms with Gasteiger partial charge in [0.15, 0.2) is 0 Å². The third-order valence-electron chi connectivity index (χ3n) is 2.71. The Morgan fingerprint density at radius 1 is 1.48 bits per heavy atom. The maximum atomic E-state index is 12.2. The monoisotopic (exact) mass is 328 g/mol. The van der Waals surface area contributed by atoms with Crippen molar-refractivity contribution in [1.29, 1.82) is 0 Å². The molecule has 2 aromatic rings. The van der Waals surface area contributed by atoms with E-state index in [1.807, 2.05) is 6.92 Å². The summed E-state index contributed by atoms with van der Waals surface area (Å²) in [4.78, 5) is 26.2. The lowest BCUT2D eigenvalue weighted by atomic mass is 10.3. The molecule has 2 heterocycles. The predicted octanol–water partition coefficient (Wildman–Crippen LogP) is 3.37. The molecule has 2 rings (SSSR count). The fourth-order valence-electron chi connectivity index (χ4n) is 1.77. The van der Waals surface area contributed by atoms with E-state index in [9.17, 15) is 14.9 Å². The van der Waals surface area contributed by atoms with Gasteiger partial charge in [-0.2, -0.15) is 0 Å². The predicted molar refractivity (Wildman–Crippen MR) is 79.0 cm³/mol. The molecule has 0 aliphatic rings. The lowest BCUT2D eigenvalue weighted by molar-refractivity contribution is -0.384. The molecule has 0 fully saturated rings. The van der Waals surface area contributed by atoms with E-state index < -0.39 is 10.8 Å². The zero-order valence-electron chi connectivity index (χ0n) is 10.8. The van der Waals surface area contributed by atoms with Gasteiger partial charge in [-0.05, 0) is 19.1 Å². The fraction of sp³-hybridized carbons (Fsp3) is 0.167. The van der Waals surface area contributed by atoms with E-state index in [0.717, 1.165) is 0 Å². The third kappa shape index (κ3) is 3.32. The molecular formula is C12H10Cl2N4O3. The normalized spacial score (nSPS) is 10.4. The van der Waals surface area contributed by atoms with Crippen LogP contribution >= 0.6 is 23.2 Å². The Hall–Kier alpha value is -2.12. The molecule has 0 aromatic carbocycles. The molecule has 9 heteroatoms. The summed E-state index contributed by atoms with van der Waals surface area (Å²) in [5.41, 5.74) is -0.0629. The molecular weight excluding hydrogens is 319 g/mol. The van der Waals surface area contributed by atoms with Gasteiger partial charge in [-0.3, -0.25) is 20.2 Å². The van der Waals surface area contributed by atoms with Crippen LogP contribution in [0.2, 0.25) is 10.2 Å². The molecule has 0 aliphatic carbocycles. The highest BCUT2D eigenvalue weighted by Crippen LogP contribution is 2.25. The zero-order chi connectivity index (χ0) is 15.6. The number of hydrogen-bond acceptors (Lipinski definition) is 4. The number of anilines is 1. The van der Waals surface area contributed by atoms with Crippen LogP contribution in [0.25, 0.3) is 0 Å². The summed E-state index contributed by atoms with van der Waals surface area (Å²) in [7, 11) is 0. The van der Waals surface area contributed by atoms with Crippen molar-refractivity contribution in [2.24, 2.45) is 0 Å². The molecule has 1 amide bonds. The van der Waals surface area contributed by atoms with Crippen LogP contribution in [0, 0.1) is 10.1 Å². The summed E-state index contributed by atoms with van der Waals surface area (Å²) in [6.07, 6.45) is 1.59. The van der Waals surface area contributed by atoms with E-state index in [1.54, 1.807) is 10.8 Å². The highest BCUT2D eigenvalue weighted by atomic mass is 35.5. The molecule has 7 nitrogen and oxygen atoms in total. The third-order valence-corrected chi connectivity index (χ3v) is 3.12. The molecule has 1 N–H and O–H groups in total. The van der Waals surface area contributed by atoms with Gasteiger partial charge in [0.25, 0.3) is 5.91 Å². The number of aryl methyl sites for hydroxylation is 1. The minimum Gasteiger partial charge on any atom is -0.342 e. The second-order valence-electron chi connectivity index (χ2n) is 4.04. The zero-order valence-corrected chi connectivity index (χ0v) is 12.4. The maximum Gasteiger partial charge on any atom is 0.311 e. The molecule has 0 atom stereocenters. The van der Waals surface area contributed by atoms with Crippen LogP contribution in [0.15, 0.2) is 24.4 Å². The average molecular weight is 329 g/mol. The number of halogens is 2. The summed E-state index contributed by atoms with van der Waals surface area (Å²) in [6.45, 7) is 2.37. The van der Waals surface area contributed by atoms with Crippen LogP contribution < -0.4 is 5.32 Å². The first-order valence-electron chi connectivity index (χ1n) is 5.90. The van der Waals surface area contributed by atoms with Crippen LogP contribution in [0.4, 0.5) is 11.5 Å². The minimum atomic E-state index is -0.648. The Kier molecular flexibility index (Phi) is 4.44. The van der Waals surface area contributed by atoms with Crippen molar-refractivity contribution in [3.8, 4) is 0 Å². The lowest BCUT2D eigenvalue weighted by Crippen LogP contribution is -2.18. The van der Waals surface area contributed by atoms with E-state index >= 15 is 0 Å². The van der Waals surface area contributed by atoms with Gasteiger partial charge in [-0.15, -0.1) is 0 Å². The number of nitrogens with zero attached hydrogens (tertiary/aromatic N) is 3. The second-order valence-corrected chi connectivity index (χ2v) is 4.87. The SMILES string of the molecule is CCn1cc(Cl)cc1C(=O)Nc1nc(Cl)ccc1[N+](=O)[O-]. The molecule has 0 bridgehead atoms. The first-order chi connectivity index (χ1) is 9.92. The summed E-state index contributed by atoms with van der Waals surface area (Å²) >= 11 is 11.6. The minimum absolute atomic E-state index is 0.0415. The van der Waals surface area contributed by atoms with Gasteiger partial charge in [-0.25, -0.2) is 4.98 Å². The molecule has 110 valence electrons. The van der Waals surface area contributed by atoms with E-state index in [4.69, 9.17) is 23.2 Å². The number of rotatable bonds is 4. The second kappa shape index (κ2) is 6.11. The molecule has 0 spiro atoms. The van der Waals surface area contributed by atoms with Crippen molar-refractivity contribution < 1.29 is 9.72 Å². The molecule has 0 saturated carbocycles. The Bertz CT molecular complexity index is 715. The lowest BCUT2D eigenvalue weighted by Gasteiger charge is -2.07. The smallest absolute Gasteiger partial charge is 0.311 e. The van der Waals surface area contributed by atoms with E-state index in [0.29, 0.717) is 11.6 Å². The van der Waals surface area contributed by atoms with Crippen LogP contribution in [0.1, 0.15) is 17.4 Å². The van der Waals surface area contributed by atoms with Crippen LogP contribution in [-0.4, -0.2) is 20.4 Å². The number of carbonyl (C=O) groups excluding carboxylic acids is 1. The summed E-state index contributed by atoms with van der Waals surface area (Å²) in [5, 5.41) is 13.7. The quantitative estimate of drug-likeness (QED) is 0.529. The number of nitrogens with one attached hydrogen (secondary N) is 1. The van der Waals surface area contributed by atoms with E-state index in [1.165, 1.54) is 18.2 Å². The standard InChI is InChI=1S/C12H10Cl2N4O3/c1-2-17-6-7(13)5-9(17)12(19)16-11-8(18(20)21)3-4-10(14)15-11/h3-6H,2H2,1H3,(H,15,16,19). The van der Waals surface area contributed by atoms with E-state index in [2.05, 4.69) is 10.3 Å². The van der Waals surface area contributed by atoms with Crippen LogP contribution in [0.3, 0.4) is 0 Å². The molecule has 0 unspecified atom stereocenters. The van der Waals surface area contributed by atoms with Gasteiger partial charge < -0.3 is 4.57 Å². The number of carbonyl (C=O) groups is 1. The molecule has 0 radical (unpaired) electrons. The first-order valence-corrected chi connectivity index (χ1v) is 6.66. The van der Waals surface area contributed by atoms with Crippen LogP contribution in [-0.2, 0) is 6.54 Å². The van der Waals surface area contributed by atoms with Crippen molar-refractivity contribution in [3.63, 3.8) is 0 Å². The van der Waals surface area contributed by atoms with E-state index in [-0.39, 0.29) is 22.4 Å². The van der Waals surface area contributed by atoms with Gasteiger partial charge in [0.1, 0.15) is 10.8 Å². The maximum absolute atomic E-state index is 12.2. The van der Waals surface area contributed by atoms with Gasteiger partial charge in [-0.1, -0.05) is 23.2 Å². The largest absolute Gasteiger partial charge is 0.342 e. The van der Waals surface area contributed by atoms with Gasteiger partial charge in [0.05, 0.1) is 9.95 Å². The molecule has 2 aromatic heterocycles. The highest BCUT2D eigenvalue weighted by Gasteiger charge is 2.20. The number of aromatic nitrogens is 2. The topological polar surface area (TPSA) is 90.1 Å². The fourth-order valence-corrected chi connectivity index (χ4v) is 2.13. The summed E-state index contributed by atoms with van der Waals surface area (Å²) in [5.74, 6) is -0.765. The Labute approximate surface area is 129 Å². The van der Waals surface area contributed by atoms with Crippen molar-refractivity contribution in [2.75, 3.05) is 5.32 Å². The van der Waals surface area contributed by atoms with Crippen molar-refractivity contribution in [1.82, 2.24) is 9.55 Å². The number of hydrogen-bond donors (Lipinski definition) is 1. The first kappa shape index (κ1) is 15.3. The molecule has 0 saturated heterocycles. The number of amides is 1. The van der Waals surface area contributed by atoms with Crippen molar-refractivity contribution >= 4 is 40.6 Å². The van der Waals surface area contributed by atoms with Crippen LogP contribution in [0.5, 0.6) is 0 Å². The summed E-state index contributed by atoms with van der Waals surface area (Å²) in [6, 6.07) is 3.93. The summed E-state index contributed by atoms with van der Waals surface area (Å²) < 4.78 is 1.62. The van der Waals surface area contributed by atoms with Gasteiger partial charge in [0, 0.05) is 18.8 Å². The molecule has 21 heavy (non-hydrogen) atoms. The van der Waals surface area contributed by atoms with Gasteiger partial charge >= 0.3 is 5.69 Å². The number of nitro groups is 1. The van der Waals surface area contributed by atoms with Crippen molar-refractivity contribution in [2.45, 2.75) is 13.5 Å². The van der Waals surface area contributed by atoms with Gasteiger partial charge in [0.2, 0.25) is 5.82 Å². The Morgan fingerprint density at radius 2 is 2.19 bits per heavy atom. The number of pyridine rings is 1. The molecule has 0 aliphatic heterocycles. The van der Waals surface area contributed by atoms with Crippen molar-refractivity contribution in [3.05, 3.63) is 50.4 Å². The Balaban J connectivity index is 2.35. The highest BCUT2D eigenvalue weighted by molar-refractivity contribution is 6.31. The Morgan fingerprint density at radius 3 is 2.81 bits per heavy atom.